The highest BCUT2D eigenvalue weighted by molar-refractivity contribution is 6.32. The summed E-state index contributed by atoms with van der Waals surface area (Å²) in [6.07, 6.45) is 3.87. The van der Waals surface area contributed by atoms with Gasteiger partial charge in [0.15, 0.2) is 0 Å². The lowest BCUT2D eigenvalue weighted by Gasteiger charge is -2.30. The first-order valence-electron chi connectivity index (χ1n) is 5.39. The molecule has 2 atom stereocenters. The van der Waals surface area contributed by atoms with Crippen LogP contribution in [0.4, 0.5) is 5.82 Å². The van der Waals surface area contributed by atoms with Gasteiger partial charge in [-0.25, -0.2) is 9.97 Å². The van der Waals surface area contributed by atoms with E-state index in [9.17, 15) is 5.11 Å². The van der Waals surface area contributed by atoms with E-state index in [1.165, 1.54) is 12.5 Å². The molecule has 0 spiro atoms. The lowest BCUT2D eigenvalue weighted by Crippen LogP contribution is -2.40. The van der Waals surface area contributed by atoms with Crippen LogP contribution in [0.2, 0.25) is 5.02 Å². The molecule has 0 fully saturated rings. The molecular weight excluding hydrogens is 226 g/mol. The smallest absolute Gasteiger partial charge is 0.148 e. The maximum absolute atomic E-state index is 10.2. The van der Waals surface area contributed by atoms with E-state index < -0.39 is 5.60 Å². The molecule has 0 aliphatic heterocycles. The zero-order valence-electron chi connectivity index (χ0n) is 9.87. The van der Waals surface area contributed by atoms with Crippen molar-refractivity contribution in [2.45, 2.75) is 32.8 Å². The third kappa shape index (κ3) is 3.32. The molecule has 0 amide bonds. The fourth-order valence-corrected chi connectivity index (χ4v) is 1.49. The summed E-state index contributed by atoms with van der Waals surface area (Å²) in [6, 6.07) is 0. The van der Waals surface area contributed by atoms with Gasteiger partial charge in [-0.1, -0.05) is 31.9 Å². The summed E-state index contributed by atoms with van der Waals surface area (Å²) in [7, 11) is 0. The largest absolute Gasteiger partial charge is 0.388 e. The third-order valence-corrected chi connectivity index (χ3v) is 3.23. The van der Waals surface area contributed by atoms with Crippen LogP contribution >= 0.6 is 11.6 Å². The highest BCUT2D eigenvalue weighted by Crippen LogP contribution is 2.22. The molecule has 5 heteroatoms. The molecule has 0 saturated heterocycles. The number of halogens is 1. The quantitative estimate of drug-likeness (QED) is 0.834. The Morgan fingerprint density at radius 1 is 1.62 bits per heavy atom. The van der Waals surface area contributed by atoms with E-state index in [1.54, 1.807) is 0 Å². The van der Waals surface area contributed by atoms with E-state index in [-0.39, 0.29) is 5.92 Å². The summed E-state index contributed by atoms with van der Waals surface area (Å²) in [5.41, 5.74) is -0.775. The Hall–Kier alpha value is -0.870. The van der Waals surface area contributed by atoms with Gasteiger partial charge in [0.2, 0.25) is 0 Å². The van der Waals surface area contributed by atoms with Crippen molar-refractivity contribution >= 4 is 17.4 Å². The van der Waals surface area contributed by atoms with Crippen molar-refractivity contribution in [1.29, 1.82) is 0 Å². The third-order valence-electron chi connectivity index (χ3n) is 2.96. The molecule has 0 aliphatic rings. The first-order valence-corrected chi connectivity index (χ1v) is 5.77. The minimum Gasteiger partial charge on any atom is -0.388 e. The zero-order valence-corrected chi connectivity index (χ0v) is 10.6. The predicted octanol–water partition coefficient (Wildman–Crippen LogP) is 2.34. The van der Waals surface area contributed by atoms with E-state index in [1.807, 2.05) is 13.8 Å². The Morgan fingerprint density at radius 3 is 2.88 bits per heavy atom. The minimum absolute atomic E-state index is 0.209. The number of anilines is 1. The lowest BCUT2D eigenvalue weighted by molar-refractivity contribution is 0.0175. The number of rotatable bonds is 5. The molecule has 1 rings (SSSR count). The van der Waals surface area contributed by atoms with Gasteiger partial charge in [-0.3, -0.25) is 0 Å². The normalized spacial score (nSPS) is 16.6. The van der Waals surface area contributed by atoms with Crippen molar-refractivity contribution in [2.75, 3.05) is 11.9 Å². The second-order valence-corrected chi connectivity index (χ2v) is 4.65. The van der Waals surface area contributed by atoms with Gasteiger partial charge in [-0.15, -0.1) is 0 Å². The number of hydrogen-bond donors (Lipinski definition) is 2. The molecule has 1 aromatic rings. The van der Waals surface area contributed by atoms with Crippen molar-refractivity contribution in [3.63, 3.8) is 0 Å². The Kier molecular flexibility index (Phi) is 4.50. The minimum atomic E-state index is -0.775. The highest BCUT2D eigenvalue weighted by Gasteiger charge is 2.26. The van der Waals surface area contributed by atoms with E-state index in [4.69, 9.17) is 11.6 Å². The van der Waals surface area contributed by atoms with Crippen LogP contribution in [0.3, 0.4) is 0 Å². The van der Waals surface area contributed by atoms with Crippen molar-refractivity contribution in [1.82, 2.24) is 9.97 Å². The average Bonchev–Trinajstić information content (AvgIpc) is 2.27. The number of hydrogen-bond acceptors (Lipinski definition) is 4. The Bertz CT molecular complexity index is 344. The van der Waals surface area contributed by atoms with Crippen LogP contribution in [0.1, 0.15) is 27.2 Å². The van der Waals surface area contributed by atoms with Crippen molar-refractivity contribution in [2.24, 2.45) is 5.92 Å². The topological polar surface area (TPSA) is 58.0 Å². The zero-order chi connectivity index (χ0) is 12.2. The predicted molar refractivity (Wildman–Crippen MR) is 65.6 cm³/mol. The van der Waals surface area contributed by atoms with Crippen molar-refractivity contribution < 1.29 is 5.11 Å². The standard InChI is InChI=1S/C11H18ClN3O/c1-4-8(2)11(3,16)6-14-10-9(12)5-13-7-15-10/h5,7-8,16H,4,6H2,1-3H3,(H,13,14,15). The van der Waals surface area contributed by atoms with Gasteiger partial charge in [0.05, 0.1) is 11.8 Å². The van der Waals surface area contributed by atoms with Gasteiger partial charge in [-0.2, -0.15) is 0 Å². The van der Waals surface area contributed by atoms with E-state index >= 15 is 0 Å². The molecule has 90 valence electrons. The monoisotopic (exact) mass is 243 g/mol. The molecular formula is C11H18ClN3O. The van der Waals surface area contributed by atoms with Gasteiger partial charge in [-0.05, 0) is 12.8 Å². The van der Waals surface area contributed by atoms with Crippen LogP contribution in [0, 0.1) is 5.92 Å². The molecule has 0 bridgehead atoms. The molecule has 4 nitrogen and oxygen atoms in total. The van der Waals surface area contributed by atoms with Crippen LogP contribution in [-0.4, -0.2) is 27.2 Å². The van der Waals surface area contributed by atoms with Gasteiger partial charge in [0.25, 0.3) is 0 Å². The Balaban J connectivity index is 2.61. The van der Waals surface area contributed by atoms with E-state index in [2.05, 4.69) is 22.2 Å². The summed E-state index contributed by atoms with van der Waals surface area (Å²) in [5.74, 6) is 0.765. The van der Waals surface area contributed by atoms with E-state index in [0.717, 1.165) is 6.42 Å². The first kappa shape index (κ1) is 13.2. The first-order chi connectivity index (χ1) is 7.47. The summed E-state index contributed by atoms with van der Waals surface area (Å²) >= 11 is 5.90. The van der Waals surface area contributed by atoms with E-state index in [0.29, 0.717) is 17.4 Å². The average molecular weight is 244 g/mol. The van der Waals surface area contributed by atoms with Crippen LogP contribution < -0.4 is 5.32 Å². The summed E-state index contributed by atoms with van der Waals surface area (Å²) in [6.45, 7) is 6.29. The fraction of sp³-hybridized carbons (Fsp3) is 0.636. The molecule has 1 aromatic heterocycles. The molecule has 16 heavy (non-hydrogen) atoms. The number of nitrogens with one attached hydrogen (secondary N) is 1. The van der Waals surface area contributed by atoms with Gasteiger partial charge < -0.3 is 10.4 Å². The van der Waals surface area contributed by atoms with Crippen LogP contribution in [0.5, 0.6) is 0 Å². The summed E-state index contributed by atoms with van der Waals surface area (Å²) in [5, 5.41) is 13.7. The number of nitrogens with zero attached hydrogens (tertiary/aromatic N) is 2. The number of aromatic nitrogens is 2. The maximum Gasteiger partial charge on any atom is 0.148 e. The van der Waals surface area contributed by atoms with Gasteiger partial charge in [0.1, 0.15) is 17.2 Å². The maximum atomic E-state index is 10.2. The van der Waals surface area contributed by atoms with Gasteiger partial charge in [0, 0.05) is 6.54 Å². The molecule has 2 unspecified atom stereocenters. The Labute approximate surface area is 101 Å². The van der Waals surface area contributed by atoms with Crippen LogP contribution in [-0.2, 0) is 0 Å². The molecule has 0 aliphatic carbocycles. The molecule has 0 radical (unpaired) electrons. The highest BCUT2D eigenvalue weighted by atomic mass is 35.5. The van der Waals surface area contributed by atoms with Crippen molar-refractivity contribution in [3.05, 3.63) is 17.5 Å². The van der Waals surface area contributed by atoms with Crippen LogP contribution in [0.25, 0.3) is 0 Å². The molecule has 1 heterocycles. The second kappa shape index (κ2) is 5.46. The SMILES string of the molecule is CCC(C)C(C)(O)CNc1ncncc1Cl. The summed E-state index contributed by atoms with van der Waals surface area (Å²) < 4.78 is 0. The molecule has 0 saturated carbocycles. The lowest BCUT2D eigenvalue weighted by atomic mass is 9.89. The fourth-order valence-electron chi connectivity index (χ4n) is 1.32. The number of aliphatic hydroxyl groups is 1. The Morgan fingerprint density at radius 2 is 2.31 bits per heavy atom. The van der Waals surface area contributed by atoms with Crippen molar-refractivity contribution in [3.8, 4) is 0 Å². The molecule has 0 aromatic carbocycles. The van der Waals surface area contributed by atoms with Gasteiger partial charge >= 0.3 is 0 Å². The second-order valence-electron chi connectivity index (χ2n) is 4.24. The molecule has 2 N–H and O–H groups in total. The summed E-state index contributed by atoms with van der Waals surface area (Å²) in [4.78, 5) is 7.80. The van der Waals surface area contributed by atoms with Crippen LogP contribution in [0.15, 0.2) is 12.5 Å².